The van der Waals surface area contributed by atoms with Gasteiger partial charge in [0.25, 0.3) is 0 Å². The van der Waals surface area contributed by atoms with E-state index in [-0.39, 0.29) is 23.6 Å². The minimum Gasteiger partial charge on any atom is -0.508 e. The first-order chi connectivity index (χ1) is 14.5. The monoisotopic (exact) mass is 406 g/mol. The van der Waals surface area contributed by atoms with Crippen molar-refractivity contribution in [3.8, 4) is 11.5 Å². The summed E-state index contributed by atoms with van der Waals surface area (Å²) >= 11 is 0. The van der Waals surface area contributed by atoms with Crippen molar-refractivity contribution in [1.29, 1.82) is 0 Å². The molecule has 0 heterocycles. The van der Waals surface area contributed by atoms with Gasteiger partial charge in [-0.2, -0.15) is 0 Å². The maximum atomic E-state index is 12.0. The number of hydrogen-bond donors (Lipinski definition) is 6. The Kier molecular flexibility index (Phi) is 6.73. The molecule has 0 aliphatic heterocycles. The maximum Gasteiger partial charge on any atom is 0.319 e. The molecule has 0 bridgehead atoms. The van der Waals surface area contributed by atoms with E-state index in [4.69, 9.17) is 0 Å². The van der Waals surface area contributed by atoms with Gasteiger partial charge in [-0.1, -0.05) is 24.3 Å². The third-order valence-electron chi connectivity index (χ3n) is 4.15. The normalized spacial score (nSPS) is 10.1. The van der Waals surface area contributed by atoms with E-state index in [0.717, 1.165) is 11.1 Å². The van der Waals surface area contributed by atoms with Gasteiger partial charge >= 0.3 is 12.1 Å². The highest BCUT2D eigenvalue weighted by molar-refractivity contribution is 5.89. The molecule has 0 aromatic heterocycles. The van der Waals surface area contributed by atoms with E-state index in [1.165, 1.54) is 24.3 Å². The molecule has 0 atom stereocenters. The number of hydrogen-bond acceptors (Lipinski definition) is 4. The molecule has 0 saturated carbocycles. The van der Waals surface area contributed by atoms with Crippen LogP contribution in [0.15, 0.2) is 72.8 Å². The zero-order valence-electron chi connectivity index (χ0n) is 16.1. The number of aromatic hydroxyl groups is 2. The van der Waals surface area contributed by atoms with Gasteiger partial charge in [0, 0.05) is 24.5 Å². The minimum absolute atomic E-state index is 0.128. The van der Waals surface area contributed by atoms with Gasteiger partial charge in [-0.3, -0.25) is 0 Å². The molecule has 0 radical (unpaired) electrons. The van der Waals surface area contributed by atoms with Crippen LogP contribution in [0.4, 0.5) is 21.0 Å². The Balaban J connectivity index is 1.45. The summed E-state index contributed by atoms with van der Waals surface area (Å²) in [7, 11) is 0. The molecule has 0 spiro atoms. The molecule has 0 aliphatic carbocycles. The van der Waals surface area contributed by atoms with Crippen LogP contribution in [0, 0.1) is 0 Å². The quantitative estimate of drug-likeness (QED) is 0.349. The van der Waals surface area contributed by atoms with Crippen molar-refractivity contribution >= 4 is 23.4 Å². The van der Waals surface area contributed by atoms with Gasteiger partial charge in [-0.05, 0) is 59.7 Å². The van der Waals surface area contributed by atoms with Crippen LogP contribution in [-0.2, 0) is 13.1 Å². The summed E-state index contributed by atoms with van der Waals surface area (Å²) in [4.78, 5) is 24.0. The molecule has 8 nitrogen and oxygen atoms in total. The fourth-order valence-corrected chi connectivity index (χ4v) is 2.65. The second-order valence-electron chi connectivity index (χ2n) is 6.53. The van der Waals surface area contributed by atoms with Crippen molar-refractivity contribution in [1.82, 2.24) is 10.6 Å². The second kappa shape index (κ2) is 9.83. The fourth-order valence-electron chi connectivity index (χ4n) is 2.65. The van der Waals surface area contributed by atoms with Crippen LogP contribution >= 0.6 is 0 Å². The van der Waals surface area contributed by atoms with Gasteiger partial charge in [0.1, 0.15) is 11.5 Å². The Labute approximate surface area is 173 Å². The second-order valence-corrected chi connectivity index (χ2v) is 6.53. The molecule has 6 N–H and O–H groups in total. The smallest absolute Gasteiger partial charge is 0.319 e. The van der Waals surface area contributed by atoms with Gasteiger partial charge in [-0.25, -0.2) is 9.59 Å². The summed E-state index contributed by atoms with van der Waals surface area (Å²) in [6.45, 7) is 0.634. The van der Waals surface area contributed by atoms with Crippen molar-refractivity contribution in [2.45, 2.75) is 13.1 Å². The number of nitrogens with one attached hydrogen (secondary N) is 4. The van der Waals surface area contributed by atoms with E-state index in [1.807, 2.05) is 24.3 Å². The number of rotatable bonds is 6. The summed E-state index contributed by atoms with van der Waals surface area (Å²) < 4.78 is 0. The van der Waals surface area contributed by atoms with E-state index in [9.17, 15) is 19.8 Å². The van der Waals surface area contributed by atoms with Crippen LogP contribution in [0.3, 0.4) is 0 Å². The van der Waals surface area contributed by atoms with Crippen LogP contribution in [-0.4, -0.2) is 22.3 Å². The summed E-state index contributed by atoms with van der Waals surface area (Å²) in [5.41, 5.74) is 2.91. The number of anilines is 2. The zero-order valence-corrected chi connectivity index (χ0v) is 16.1. The predicted molar refractivity (Wildman–Crippen MR) is 114 cm³/mol. The number of benzene rings is 3. The van der Waals surface area contributed by atoms with Gasteiger partial charge in [-0.15, -0.1) is 0 Å². The lowest BCUT2D eigenvalue weighted by molar-refractivity contribution is 0.251. The van der Waals surface area contributed by atoms with Crippen LogP contribution in [0.2, 0.25) is 0 Å². The number of carbonyl (C=O) groups is 2. The molecule has 3 aromatic rings. The topological polar surface area (TPSA) is 123 Å². The first kappa shape index (κ1) is 20.5. The predicted octanol–water partition coefficient (Wildman–Crippen LogP) is 3.74. The number of carbonyl (C=O) groups excluding carboxylic acids is 2. The van der Waals surface area contributed by atoms with Gasteiger partial charge in [0.2, 0.25) is 0 Å². The Morgan fingerprint density at radius 3 is 1.43 bits per heavy atom. The minimum atomic E-state index is -0.363. The standard InChI is InChI=1S/C22H22N4O4/c27-19-8-4-17(5-9-19)25-21(29)23-13-15-2-1-3-16(12-15)14-24-22(30)26-18-6-10-20(28)11-7-18/h1-12,27-28H,13-14H2,(H2,23,25,29)(H2,24,26,30). The van der Waals surface area contributed by atoms with E-state index in [1.54, 1.807) is 24.3 Å². The molecule has 0 unspecified atom stereocenters. The van der Waals surface area contributed by atoms with Crippen LogP contribution in [0.1, 0.15) is 11.1 Å². The van der Waals surface area contributed by atoms with E-state index < -0.39 is 0 Å². The number of urea groups is 2. The van der Waals surface area contributed by atoms with Crippen molar-refractivity contribution in [2.75, 3.05) is 10.6 Å². The van der Waals surface area contributed by atoms with E-state index in [2.05, 4.69) is 21.3 Å². The summed E-state index contributed by atoms with van der Waals surface area (Å²) in [5, 5.41) is 29.4. The average Bonchev–Trinajstić information content (AvgIpc) is 2.74. The molecular weight excluding hydrogens is 384 g/mol. The molecule has 4 amide bonds. The van der Waals surface area contributed by atoms with Crippen molar-refractivity contribution in [2.24, 2.45) is 0 Å². The highest BCUT2D eigenvalue weighted by Gasteiger charge is 2.05. The first-order valence-electron chi connectivity index (χ1n) is 9.23. The Hall–Kier alpha value is -4.20. The molecule has 0 fully saturated rings. The van der Waals surface area contributed by atoms with Crippen molar-refractivity contribution in [3.05, 3.63) is 83.9 Å². The maximum absolute atomic E-state index is 12.0. The van der Waals surface area contributed by atoms with Gasteiger partial charge < -0.3 is 31.5 Å². The van der Waals surface area contributed by atoms with E-state index >= 15 is 0 Å². The summed E-state index contributed by atoms with van der Waals surface area (Å²) in [6.07, 6.45) is 0. The van der Waals surface area contributed by atoms with Crippen LogP contribution in [0.5, 0.6) is 11.5 Å². The molecule has 8 heteroatoms. The lowest BCUT2D eigenvalue weighted by atomic mass is 10.1. The van der Waals surface area contributed by atoms with Gasteiger partial charge in [0.15, 0.2) is 0 Å². The Bertz CT molecular complexity index is 926. The molecular formula is C22H22N4O4. The highest BCUT2D eigenvalue weighted by atomic mass is 16.3. The molecule has 0 aliphatic rings. The third kappa shape index (κ3) is 6.45. The molecule has 154 valence electrons. The zero-order chi connectivity index (χ0) is 21.3. The van der Waals surface area contributed by atoms with Crippen molar-refractivity contribution in [3.63, 3.8) is 0 Å². The van der Waals surface area contributed by atoms with Crippen molar-refractivity contribution < 1.29 is 19.8 Å². The summed E-state index contributed by atoms with van der Waals surface area (Å²) in [5.74, 6) is 0.256. The fraction of sp³-hybridized carbons (Fsp3) is 0.0909. The van der Waals surface area contributed by atoms with Crippen LogP contribution in [0.25, 0.3) is 0 Å². The third-order valence-corrected chi connectivity index (χ3v) is 4.15. The molecule has 30 heavy (non-hydrogen) atoms. The Morgan fingerprint density at radius 2 is 1.03 bits per heavy atom. The highest BCUT2D eigenvalue weighted by Crippen LogP contribution is 2.14. The number of amides is 4. The lowest BCUT2D eigenvalue weighted by Crippen LogP contribution is -2.29. The first-order valence-corrected chi connectivity index (χ1v) is 9.23. The average molecular weight is 406 g/mol. The number of phenolic OH excluding ortho intramolecular Hbond substituents is 2. The van der Waals surface area contributed by atoms with Crippen LogP contribution < -0.4 is 21.3 Å². The Morgan fingerprint density at radius 1 is 0.633 bits per heavy atom. The summed E-state index contributed by atoms with van der Waals surface area (Å²) in [6, 6.07) is 19.1. The molecule has 3 aromatic carbocycles. The van der Waals surface area contributed by atoms with Gasteiger partial charge in [0.05, 0.1) is 0 Å². The number of phenols is 2. The molecule has 3 rings (SSSR count). The SMILES string of the molecule is O=C(NCc1cccc(CNC(=O)Nc2ccc(O)cc2)c1)Nc1ccc(O)cc1. The largest absolute Gasteiger partial charge is 0.508 e. The molecule has 0 saturated heterocycles. The van der Waals surface area contributed by atoms with E-state index in [0.29, 0.717) is 24.5 Å². The lowest BCUT2D eigenvalue weighted by Gasteiger charge is -2.10.